The number of carbonyl (C=O) groups excluding carboxylic acids is 1. The second kappa shape index (κ2) is 6.87. The second-order valence-corrected chi connectivity index (χ2v) is 6.45. The molecule has 110 valence electrons. The van der Waals surface area contributed by atoms with Gasteiger partial charge in [0.05, 0.1) is 10.4 Å². The van der Waals surface area contributed by atoms with E-state index in [2.05, 4.69) is 5.32 Å². The SMILES string of the molecule is C/C(=C\C(=O)NC(C)c1ccc(Cl)s1)c1ccc(F)cc1. The van der Waals surface area contributed by atoms with Crippen LogP contribution in [0.5, 0.6) is 0 Å². The Morgan fingerprint density at radius 2 is 1.95 bits per heavy atom. The van der Waals surface area contributed by atoms with Gasteiger partial charge in [-0.05, 0) is 49.2 Å². The van der Waals surface area contributed by atoms with Crippen LogP contribution >= 0.6 is 22.9 Å². The average molecular weight is 324 g/mol. The monoisotopic (exact) mass is 323 g/mol. The maximum absolute atomic E-state index is 12.9. The molecule has 1 aromatic heterocycles. The molecule has 0 aliphatic carbocycles. The molecule has 1 atom stereocenters. The van der Waals surface area contributed by atoms with E-state index >= 15 is 0 Å². The van der Waals surface area contributed by atoms with E-state index in [1.165, 1.54) is 29.5 Å². The third kappa shape index (κ3) is 4.41. The Morgan fingerprint density at radius 1 is 1.29 bits per heavy atom. The van der Waals surface area contributed by atoms with Crippen molar-refractivity contribution in [3.63, 3.8) is 0 Å². The second-order valence-electron chi connectivity index (χ2n) is 4.71. The summed E-state index contributed by atoms with van der Waals surface area (Å²) in [6, 6.07) is 9.65. The van der Waals surface area contributed by atoms with Crippen molar-refractivity contribution in [3.8, 4) is 0 Å². The summed E-state index contributed by atoms with van der Waals surface area (Å²) in [4.78, 5) is 13.0. The molecule has 1 heterocycles. The number of hydrogen-bond donors (Lipinski definition) is 1. The Labute approximate surface area is 132 Å². The van der Waals surface area contributed by atoms with E-state index in [1.807, 2.05) is 26.0 Å². The summed E-state index contributed by atoms with van der Waals surface area (Å²) in [5, 5.41) is 2.88. The number of carbonyl (C=O) groups is 1. The first-order valence-electron chi connectivity index (χ1n) is 6.45. The zero-order valence-corrected chi connectivity index (χ0v) is 13.3. The molecule has 1 N–H and O–H groups in total. The van der Waals surface area contributed by atoms with E-state index in [0.29, 0.717) is 4.34 Å². The number of rotatable bonds is 4. The molecule has 0 bridgehead atoms. The number of hydrogen-bond acceptors (Lipinski definition) is 2. The topological polar surface area (TPSA) is 29.1 Å². The molecule has 0 spiro atoms. The zero-order valence-electron chi connectivity index (χ0n) is 11.7. The summed E-state index contributed by atoms with van der Waals surface area (Å²) >= 11 is 7.32. The first kappa shape index (κ1) is 15.7. The fourth-order valence-electron chi connectivity index (χ4n) is 1.88. The molecule has 1 unspecified atom stereocenters. The molecule has 0 saturated carbocycles. The Balaban J connectivity index is 2.03. The van der Waals surface area contributed by atoms with Crippen molar-refractivity contribution in [1.82, 2.24) is 5.32 Å². The van der Waals surface area contributed by atoms with Gasteiger partial charge in [-0.2, -0.15) is 0 Å². The van der Waals surface area contributed by atoms with Gasteiger partial charge in [0.1, 0.15) is 5.82 Å². The Bertz CT molecular complexity index is 663. The smallest absolute Gasteiger partial charge is 0.244 e. The van der Waals surface area contributed by atoms with Crippen molar-refractivity contribution in [2.24, 2.45) is 0 Å². The highest BCUT2D eigenvalue weighted by Gasteiger charge is 2.10. The van der Waals surface area contributed by atoms with E-state index in [4.69, 9.17) is 11.6 Å². The van der Waals surface area contributed by atoms with Crippen molar-refractivity contribution in [2.45, 2.75) is 19.9 Å². The lowest BCUT2D eigenvalue weighted by Crippen LogP contribution is -2.24. The highest BCUT2D eigenvalue weighted by molar-refractivity contribution is 7.16. The molecule has 0 saturated heterocycles. The predicted octanol–water partition coefficient (Wildman–Crippen LogP) is 4.82. The highest BCUT2D eigenvalue weighted by atomic mass is 35.5. The number of benzene rings is 1. The zero-order chi connectivity index (χ0) is 15.4. The fourth-order valence-corrected chi connectivity index (χ4v) is 2.94. The van der Waals surface area contributed by atoms with Crippen molar-refractivity contribution in [2.75, 3.05) is 0 Å². The lowest BCUT2D eigenvalue weighted by atomic mass is 10.1. The average Bonchev–Trinajstić information content (AvgIpc) is 2.86. The summed E-state index contributed by atoms with van der Waals surface area (Å²) in [7, 11) is 0. The minimum atomic E-state index is -0.292. The normalized spacial score (nSPS) is 13.0. The van der Waals surface area contributed by atoms with Crippen LogP contribution in [0.2, 0.25) is 4.34 Å². The van der Waals surface area contributed by atoms with Crippen LogP contribution in [-0.4, -0.2) is 5.91 Å². The third-order valence-corrected chi connectivity index (χ3v) is 4.44. The molecule has 0 aliphatic heterocycles. The molecule has 0 radical (unpaired) electrons. The van der Waals surface area contributed by atoms with Gasteiger partial charge >= 0.3 is 0 Å². The summed E-state index contributed by atoms with van der Waals surface area (Å²) in [5.74, 6) is -0.479. The van der Waals surface area contributed by atoms with E-state index in [9.17, 15) is 9.18 Å². The van der Waals surface area contributed by atoms with Gasteiger partial charge in [0, 0.05) is 11.0 Å². The number of halogens is 2. The number of amides is 1. The van der Waals surface area contributed by atoms with Gasteiger partial charge < -0.3 is 5.32 Å². The predicted molar refractivity (Wildman–Crippen MR) is 85.9 cm³/mol. The summed E-state index contributed by atoms with van der Waals surface area (Å²) in [6.07, 6.45) is 1.51. The van der Waals surface area contributed by atoms with Crippen LogP contribution in [-0.2, 0) is 4.79 Å². The van der Waals surface area contributed by atoms with Crippen molar-refractivity contribution in [1.29, 1.82) is 0 Å². The lowest BCUT2D eigenvalue weighted by molar-refractivity contribution is -0.117. The molecule has 0 aliphatic rings. The third-order valence-electron chi connectivity index (χ3n) is 3.03. The van der Waals surface area contributed by atoms with Gasteiger partial charge in [-0.25, -0.2) is 4.39 Å². The summed E-state index contributed by atoms with van der Waals surface area (Å²) in [5.41, 5.74) is 1.60. The molecule has 2 nitrogen and oxygen atoms in total. The summed E-state index contributed by atoms with van der Waals surface area (Å²) < 4.78 is 13.6. The van der Waals surface area contributed by atoms with Crippen LogP contribution < -0.4 is 5.32 Å². The molecule has 0 fully saturated rings. The van der Waals surface area contributed by atoms with Gasteiger partial charge in [0.2, 0.25) is 5.91 Å². The lowest BCUT2D eigenvalue weighted by Gasteiger charge is -2.11. The molecule has 21 heavy (non-hydrogen) atoms. The molecular weight excluding hydrogens is 309 g/mol. The molecule has 1 amide bonds. The Kier molecular flexibility index (Phi) is 5.15. The van der Waals surface area contributed by atoms with Gasteiger partial charge in [0.25, 0.3) is 0 Å². The van der Waals surface area contributed by atoms with Gasteiger partial charge in [-0.3, -0.25) is 4.79 Å². The molecule has 5 heteroatoms. The molecule has 2 rings (SSSR count). The van der Waals surface area contributed by atoms with Crippen LogP contribution in [0.1, 0.15) is 30.3 Å². The quantitative estimate of drug-likeness (QED) is 0.803. The van der Waals surface area contributed by atoms with E-state index in [0.717, 1.165) is 16.0 Å². The maximum Gasteiger partial charge on any atom is 0.244 e. The molecular formula is C16H15ClFNOS. The summed E-state index contributed by atoms with van der Waals surface area (Å²) in [6.45, 7) is 3.72. The first-order chi connectivity index (χ1) is 9.95. The molecule has 2 aromatic rings. The number of allylic oxidation sites excluding steroid dienone is 1. The van der Waals surface area contributed by atoms with Crippen LogP contribution in [0.3, 0.4) is 0 Å². The number of thiophene rings is 1. The van der Waals surface area contributed by atoms with Crippen molar-refractivity contribution < 1.29 is 9.18 Å². The Hall–Kier alpha value is -1.65. The van der Waals surface area contributed by atoms with Crippen LogP contribution in [0.15, 0.2) is 42.5 Å². The fraction of sp³-hybridized carbons (Fsp3) is 0.188. The van der Waals surface area contributed by atoms with E-state index < -0.39 is 0 Å². The first-order valence-corrected chi connectivity index (χ1v) is 7.65. The van der Waals surface area contributed by atoms with Crippen LogP contribution in [0.4, 0.5) is 4.39 Å². The molecule has 1 aromatic carbocycles. The Morgan fingerprint density at radius 3 is 2.52 bits per heavy atom. The van der Waals surface area contributed by atoms with Crippen LogP contribution in [0, 0.1) is 5.82 Å². The largest absolute Gasteiger partial charge is 0.345 e. The van der Waals surface area contributed by atoms with Gasteiger partial charge in [0.15, 0.2) is 0 Å². The van der Waals surface area contributed by atoms with Gasteiger partial charge in [-0.15, -0.1) is 11.3 Å². The van der Waals surface area contributed by atoms with Crippen molar-refractivity contribution in [3.05, 3.63) is 63.1 Å². The minimum Gasteiger partial charge on any atom is -0.345 e. The minimum absolute atomic E-state index is 0.104. The van der Waals surface area contributed by atoms with Crippen LogP contribution in [0.25, 0.3) is 5.57 Å². The highest BCUT2D eigenvalue weighted by Crippen LogP contribution is 2.26. The van der Waals surface area contributed by atoms with E-state index in [-0.39, 0.29) is 17.8 Å². The standard InChI is InChI=1S/C16H15ClFNOS/c1-10(12-3-5-13(18)6-4-12)9-16(20)19-11(2)14-7-8-15(17)21-14/h3-9,11H,1-2H3,(H,19,20)/b10-9+. The maximum atomic E-state index is 12.9. The number of nitrogens with one attached hydrogen (secondary N) is 1. The van der Waals surface area contributed by atoms with Gasteiger partial charge in [-0.1, -0.05) is 23.7 Å². The van der Waals surface area contributed by atoms with E-state index in [1.54, 1.807) is 12.1 Å². The van der Waals surface area contributed by atoms with Crippen molar-refractivity contribution >= 4 is 34.4 Å².